The number of carbonyl (C=O) groups is 1. The number of carbonyl (C=O) groups excluding carboxylic acids is 1. The van der Waals surface area contributed by atoms with E-state index in [0.717, 1.165) is 32.5 Å². The summed E-state index contributed by atoms with van der Waals surface area (Å²) in [7, 11) is 1.92. The molecule has 0 saturated carbocycles. The molecule has 2 amide bonds. The third-order valence-electron chi connectivity index (χ3n) is 3.69. The summed E-state index contributed by atoms with van der Waals surface area (Å²) in [6.07, 6.45) is 3.40. The first-order valence-electron chi connectivity index (χ1n) is 5.98. The maximum absolute atomic E-state index is 12.0. The third kappa shape index (κ3) is 1.95. The number of piperidine rings is 1. The summed E-state index contributed by atoms with van der Waals surface area (Å²) < 4.78 is 0. The Balaban J connectivity index is 2.00. The van der Waals surface area contributed by atoms with Gasteiger partial charge in [0.25, 0.3) is 0 Å². The first-order valence-corrected chi connectivity index (χ1v) is 5.98. The molecule has 0 aromatic carbocycles. The van der Waals surface area contributed by atoms with Gasteiger partial charge in [-0.25, -0.2) is 4.79 Å². The van der Waals surface area contributed by atoms with E-state index in [1.54, 1.807) is 0 Å². The van der Waals surface area contributed by atoms with Crippen LogP contribution in [0.1, 0.15) is 26.2 Å². The van der Waals surface area contributed by atoms with Crippen LogP contribution in [0.3, 0.4) is 0 Å². The topological polar surface area (TPSA) is 35.6 Å². The molecule has 15 heavy (non-hydrogen) atoms. The van der Waals surface area contributed by atoms with Gasteiger partial charge in [-0.15, -0.1) is 0 Å². The van der Waals surface area contributed by atoms with Gasteiger partial charge in [0.05, 0.1) is 6.04 Å². The van der Waals surface area contributed by atoms with Crippen LogP contribution in [0, 0.1) is 0 Å². The van der Waals surface area contributed by atoms with Crippen LogP contribution in [0.25, 0.3) is 0 Å². The summed E-state index contributed by atoms with van der Waals surface area (Å²) in [5.74, 6) is 0. The fourth-order valence-electron chi connectivity index (χ4n) is 2.59. The lowest BCUT2D eigenvalue weighted by molar-refractivity contribution is 0.171. The Kier molecular flexibility index (Phi) is 3.14. The summed E-state index contributed by atoms with van der Waals surface area (Å²) in [6, 6.07) is 1.06. The first kappa shape index (κ1) is 10.7. The minimum atomic E-state index is 0.218. The molecule has 2 atom stereocenters. The summed E-state index contributed by atoms with van der Waals surface area (Å²) in [4.78, 5) is 16.0. The van der Waals surface area contributed by atoms with Gasteiger partial charge < -0.3 is 15.1 Å². The normalized spacial score (nSPS) is 32.5. The highest BCUT2D eigenvalue weighted by molar-refractivity contribution is 5.77. The van der Waals surface area contributed by atoms with E-state index >= 15 is 0 Å². The second-order valence-electron chi connectivity index (χ2n) is 4.61. The van der Waals surface area contributed by atoms with Crippen LogP contribution in [0.15, 0.2) is 0 Å². The standard InChI is InChI=1S/C11H21N3O/c1-3-9-8-14(11(15)13(9)2)10-5-4-6-12-7-10/h9-10,12H,3-8H2,1-2H3. The average molecular weight is 211 g/mol. The second kappa shape index (κ2) is 4.39. The van der Waals surface area contributed by atoms with E-state index in [4.69, 9.17) is 0 Å². The SMILES string of the molecule is CCC1CN(C2CCCNC2)C(=O)N1C. The van der Waals surface area contributed by atoms with Crippen molar-refractivity contribution in [3.63, 3.8) is 0 Å². The van der Waals surface area contributed by atoms with Crippen LogP contribution in [0.4, 0.5) is 4.79 Å². The van der Waals surface area contributed by atoms with Crippen molar-refractivity contribution in [2.45, 2.75) is 38.3 Å². The number of rotatable bonds is 2. The molecule has 86 valence electrons. The molecule has 0 aromatic rings. The smallest absolute Gasteiger partial charge is 0.320 e. The Morgan fingerprint density at radius 1 is 1.53 bits per heavy atom. The third-order valence-corrected chi connectivity index (χ3v) is 3.69. The molecule has 2 aliphatic heterocycles. The van der Waals surface area contributed by atoms with Gasteiger partial charge in [0, 0.05) is 26.2 Å². The molecular formula is C11H21N3O. The maximum atomic E-state index is 12.0. The molecule has 0 radical (unpaired) electrons. The Labute approximate surface area is 91.6 Å². The molecule has 0 spiro atoms. The number of amides is 2. The molecule has 2 unspecified atom stereocenters. The highest BCUT2D eigenvalue weighted by Gasteiger charge is 2.37. The molecule has 2 rings (SSSR count). The van der Waals surface area contributed by atoms with Crippen molar-refractivity contribution in [2.75, 3.05) is 26.7 Å². The second-order valence-corrected chi connectivity index (χ2v) is 4.61. The van der Waals surface area contributed by atoms with Crippen LogP contribution in [0.5, 0.6) is 0 Å². The molecule has 0 aliphatic carbocycles. The van der Waals surface area contributed by atoms with Crippen molar-refractivity contribution in [3.8, 4) is 0 Å². The van der Waals surface area contributed by atoms with E-state index in [1.165, 1.54) is 6.42 Å². The monoisotopic (exact) mass is 211 g/mol. The van der Waals surface area contributed by atoms with Crippen molar-refractivity contribution < 1.29 is 4.79 Å². The zero-order valence-electron chi connectivity index (χ0n) is 9.70. The lowest BCUT2D eigenvalue weighted by Gasteiger charge is -2.31. The fourth-order valence-corrected chi connectivity index (χ4v) is 2.59. The molecule has 0 aromatic heterocycles. The Morgan fingerprint density at radius 2 is 2.33 bits per heavy atom. The molecule has 2 heterocycles. The molecular weight excluding hydrogens is 190 g/mol. The Morgan fingerprint density at radius 3 is 2.87 bits per heavy atom. The van der Waals surface area contributed by atoms with Gasteiger partial charge in [-0.05, 0) is 25.8 Å². The average Bonchev–Trinajstić information content (AvgIpc) is 2.57. The van der Waals surface area contributed by atoms with Crippen LogP contribution >= 0.6 is 0 Å². The number of nitrogens with zero attached hydrogens (tertiary/aromatic N) is 2. The number of likely N-dealkylation sites (N-methyl/N-ethyl adjacent to an activating group) is 1. The van der Waals surface area contributed by atoms with E-state index in [2.05, 4.69) is 17.1 Å². The Bertz CT molecular complexity index is 238. The highest BCUT2D eigenvalue weighted by atomic mass is 16.2. The molecule has 2 saturated heterocycles. The minimum absolute atomic E-state index is 0.218. The molecule has 0 bridgehead atoms. The summed E-state index contributed by atoms with van der Waals surface area (Å²) in [6.45, 7) is 5.14. The van der Waals surface area contributed by atoms with Gasteiger partial charge in [-0.3, -0.25) is 0 Å². The predicted octanol–water partition coefficient (Wildman–Crippen LogP) is 0.884. The zero-order valence-corrected chi connectivity index (χ0v) is 9.70. The van der Waals surface area contributed by atoms with Gasteiger partial charge >= 0.3 is 6.03 Å². The highest BCUT2D eigenvalue weighted by Crippen LogP contribution is 2.21. The minimum Gasteiger partial charge on any atom is -0.323 e. The maximum Gasteiger partial charge on any atom is 0.320 e. The summed E-state index contributed by atoms with van der Waals surface area (Å²) >= 11 is 0. The first-order chi connectivity index (χ1) is 7.24. The summed E-state index contributed by atoms with van der Waals surface area (Å²) in [5.41, 5.74) is 0. The van der Waals surface area contributed by atoms with E-state index in [1.807, 2.05) is 11.9 Å². The van der Waals surface area contributed by atoms with E-state index in [-0.39, 0.29) is 6.03 Å². The van der Waals surface area contributed by atoms with Gasteiger partial charge in [0.1, 0.15) is 0 Å². The Hall–Kier alpha value is -0.770. The predicted molar refractivity (Wildman–Crippen MR) is 59.8 cm³/mol. The molecule has 2 fully saturated rings. The van der Waals surface area contributed by atoms with Crippen molar-refractivity contribution in [3.05, 3.63) is 0 Å². The van der Waals surface area contributed by atoms with E-state index < -0.39 is 0 Å². The van der Waals surface area contributed by atoms with Crippen molar-refractivity contribution >= 4 is 6.03 Å². The van der Waals surface area contributed by atoms with Crippen molar-refractivity contribution in [1.29, 1.82) is 0 Å². The van der Waals surface area contributed by atoms with E-state index in [0.29, 0.717) is 12.1 Å². The zero-order chi connectivity index (χ0) is 10.8. The van der Waals surface area contributed by atoms with Crippen LogP contribution in [-0.2, 0) is 0 Å². The molecule has 1 N–H and O–H groups in total. The van der Waals surface area contributed by atoms with Gasteiger partial charge in [-0.2, -0.15) is 0 Å². The van der Waals surface area contributed by atoms with E-state index in [9.17, 15) is 4.79 Å². The molecule has 2 aliphatic rings. The van der Waals surface area contributed by atoms with Crippen molar-refractivity contribution in [2.24, 2.45) is 0 Å². The van der Waals surface area contributed by atoms with Crippen LogP contribution in [0.2, 0.25) is 0 Å². The fraction of sp³-hybridized carbons (Fsp3) is 0.909. The number of nitrogens with one attached hydrogen (secondary N) is 1. The van der Waals surface area contributed by atoms with Crippen molar-refractivity contribution in [1.82, 2.24) is 15.1 Å². The lowest BCUT2D eigenvalue weighted by atomic mass is 10.1. The number of hydrogen-bond acceptors (Lipinski definition) is 2. The summed E-state index contributed by atoms with van der Waals surface area (Å²) in [5, 5.41) is 3.37. The quantitative estimate of drug-likeness (QED) is 0.736. The molecule has 4 nitrogen and oxygen atoms in total. The van der Waals surface area contributed by atoms with Gasteiger partial charge in [-0.1, -0.05) is 6.92 Å². The number of hydrogen-bond donors (Lipinski definition) is 1. The largest absolute Gasteiger partial charge is 0.323 e. The van der Waals surface area contributed by atoms with Gasteiger partial charge in [0.2, 0.25) is 0 Å². The molecule has 4 heteroatoms. The lowest BCUT2D eigenvalue weighted by Crippen LogP contribution is -2.47. The number of urea groups is 1. The van der Waals surface area contributed by atoms with Gasteiger partial charge in [0.15, 0.2) is 0 Å². The van der Waals surface area contributed by atoms with Crippen LogP contribution < -0.4 is 5.32 Å². The van der Waals surface area contributed by atoms with Crippen LogP contribution in [-0.4, -0.2) is 54.6 Å².